The molecule has 0 radical (unpaired) electrons. The summed E-state index contributed by atoms with van der Waals surface area (Å²) in [6, 6.07) is 1.49. The number of rotatable bonds is 6. The van der Waals surface area contributed by atoms with Gasteiger partial charge in [0.2, 0.25) is 0 Å². The van der Waals surface area contributed by atoms with Gasteiger partial charge in [0, 0.05) is 12.6 Å². The topological polar surface area (TPSA) is 61.0 Å². The number of hydrogen-bond donors (Lipinski definition) is 2. The fraction of sp³-hybridized carbons (Fsp3) is 0.636. The van der Waals surface area contributed by atoms with Gasteiger partial charge in [0.15, 0.2) is 0 Å². The Kier molecular flexibility index (Phi) is 4.98. The molecule has 0 saturated heterocycles. The number of aryl methyl sites for hydroxylation is 1. The summed E-state index contributed by atoms with van der Waals surface area (Å²) in [5, 5.41) is 3.15. The Morgan fingerprint density at radius 1 is 1.44 bits per heavy atom. The molecule has 0 bridgehead atoms. The molecule has 1 aromatic rings. The molecule has 1 rings (SSSR count). The third-order valence-corrected chi connectivity index (χ3v) is 2.20. The van der Waals surface area contributed by atoms with Crippen LogP contribution in [-0.4, -0.2) is 42.1 Å². The molecule has 0 saturated carbocycles. The molecule has 5 heteroatoms. The highest BCUT2D eigenvalue weighted by Gasteiger charge is 1.97. The van der Waals surface area contributed by atoms with Gasteiger partial charge in [0.25, 0.3) is 5.56 Å². The van der Waals surface area contributed by atoms with Gasteiger partial charge < -0.3 is 15.2 Å². The minimum absolute atomic E-state index is 0.108. The first kappa shape index (κ1) is 12.7. The molecule has 90 valence electrons. The summed E-state index contributed by atoms with van der Waals surface area (Å²) in [5.74, 6) is 1.30. The summed E-state index contributed by atoms with van der Waals surface area (Å²) >= 11 is 0. The van der Waals surface area contributed by atoms with Crippen molar-refractivity contribution in [2.24, 2.45) is 0 Å². The number of hydrogen-bond acceptors (Lipinski definition) is 4. The molecule has 2 N–H and O–H groups in total. The van der Waals surface area contributed by atoms with Crippen LogP contribution in [0, 0.1) is 6.92 Å². The van der Waals surface area contributed by atoms with Crippen LogP contribution in [0.1, 0.15) is 18.7 Å². The number of aromatic nitrogens is 2. The van der Waals surface area contributed by atoms with Crippen LogP contribution in [0.25, 0.3) is 0 Å². The molecule has 0 unspecified atom stereocenters. The highest BCUT2D eigenvalue weighted by Crippen LogP contribution is 1.99. The summed E-state index contributed by atoms with van der Waals surface area (Å²) in [6.07, 6.45) is 2.22. The maximum atomic E-state index is 11.1. The maximum Gasteiger partial charge on any atom is 0.252 e. The highest BCUT2D eigenvalue weighted by molar-refractivity contribution is 5.32. The zero-order chi connectivity index (χ0) is 12.0. The fourth-order valence-corrected chi connectivity index (χ4v) is 1.44. The van der Waals surface area contributed by atoms with E-state index in [0.717, 1.165) is 25.9 Å². The van der Waals surface area contributed by atoms with Crippen molar-refractivity contribution in [1.29, 1.82) is 0 Å². The van der Waals surface area contributed by atoms with E-state index in [1.54, 1.807) is 6.92 Å². The van der Waals surface area contributed by atoms with Crippen molar-refractivity contribution in [3.05, 3.63) is 22.2 Å². The Labute approximate surface area is 95.9 Å². The molecule has 1 aromatic heterocycles. The smallest absolute Gasteiger partial charge is 0.252 e. The van der Waals surface area contributed by atoms with Crippen LogP contribution in [0.5, 0.6) is 0 Å². The molecule has 16 heavy (non-hydrogen) atoms. The van der Waals surface area contributed by atoms with Gasteiger partial charge in [-0.3, -0.25) is 4.79 Å². The number of aromatic amines is 1. The molecule has 0 aromatic carbocycles. The number of H-pyrrole nitrogens is 1. The van der Waals surface area contributed by atoms with E-state index >= 15 is 0 Å². The number of nitrogens with zero attached hydrogens (tertiary/aromatic N) is 2. The lowest BCUT2D eigenvalue weighted by molar-refractivity contribution is 0.396. The standard InChI is InChI=1S/C11H20N4O/c1-9-13-10(8-11(16)14-9)12-6-4-5-7-15(2)3/h8H,4-7H2,1-3H3,(H2,12,13,14,16). The molecule has 0 spiro atoms. The Morgan fingerprint density at radius 2 is 2.19 bits per heavy atom. The summed E-state index contributed by atoms with van der Waals surface area (Å²) < 4.78 is 0. The lowest BCUT2D eigenvalue weighted by atomic mass is 10.3. The predicted octanol–water partition coefficient (Wildman–Crippen LogP) is 0.832. The van der Waals surface area contributed by atoms with Crippen molar-refractivity contribution in [1.82, 2.24) is 14.9 Å². The second kappa shape index (κ2) is 6.27. The van der Waals surface area contributed by atoms with E-state index in [1.807, 2.05) is 0 Å². The second-order valence-electron chi connectivity index (χ2n) is 4.15. The Hall–Kier alpha value is -1.36. The number of anilines is 1. The monoisotopic (exact) mass is 224 g/mol. The van der Waals surface area contributed by atoms with Crippen LogP contribution in [0.2, 0.25) is 0 Å². The highest BCUT2D eigenvalue weighted by atomic mass is 16.1. The van der Waals surface area contributed by atoms with E-state index in [1.165, 1.54) is 6.07 Å². The van der Waals surface area contributed by atoms with Crippen molar-refractivity contribution in [2.75, 3.05) is 32.5 Å². The average molecular weight is 224 g/mol. The lowest BCUT2D eigenvalue weighted by Crippen LogP contribution is -2.15. The zero-order valence-electron chi connectivity index (χ0n) is 10.2. The van der Waals surface area contributed by atoms with Crippen molar-refractivity contribution in [3.63, 3.8) is 0 Å². The van der Waals surface area contributed by atoms with Crippen molar-refractivity contribution in [2.45, 2.75) is 19.8 Å². The summed E-state index contributed by atoms with van der Waals surface area (Å²) in [5.41, 5.74) is -0.108. The van der Waals surface area contributed by atoms with Crippen molar-refractivity contribution >= 4 is 5.82 Å². The molecule has 0 amide bonds. The Balaban J connectivity index is 2.29. The van der Waals surface area contributed by atoms with E-state index in [0.29, 0.717) is 11.6 Å². The van der Waals surface area contributed by atoms with Crippen LogP contribution in [0.15, 0.2) is 10.9 Å². The first-order valence-corrected chi connectivity index (χ1v) is 5.54. The van der Waals surface area contributed by atoms with Crippen LogP contribution >= 0.6 is 0 Å². The fourth-order valence-electron chi connectivity index (χ4n) is 1.44. The molecule has 5 nitrogen and oxygen atoms in total. The minimum atomic E-state index is -0.108. The molecule has 0 atom stereocenters. The SMILES string of the molecule is Cc1nc(NCCCCN(C)C)cc(=O)[nH]1. The van der Waals surface area contributed by atoms with Gasteiger partial charge in [0.05, 0.1) is 0 Å². The number of unbranched alkanes of at least 4 members (excludes halogenated alkanes) is 1. The van der Waals surface area contributed by atoms with Gasteiger partial charge in [-0.1, -0.05) is 0 Å². The van der Waals surface area contributed by atoms with E-state index < -0.39 is 0 Å². The second-order valence-corrected chi connectivity index (χ2v) is 4.15. The van der Waals surface area contributed by atoms with Gasteiger partial charge in [-0.2, -0.15) is 0 Å². The molecular formula is C11H20N4O. The average Bonchev–Trinajstić information content (AvgIpc) is 2.15. The third-order valence-electron chi connectivity index (χ3n) is 2.20. The molecular weight excluding hydrogens is 204 g/mol. The van der Waals surface area contributed by atoms with Crippen LogP contribution in [0.4, 0.5) is 5.82 Å². The normalized spacial score (nSPS) is 10.8. The summed E-state index contributed by atoms with van der Waals surface area (Å²) in [7, 11) is 4.13. The predicted molar refractivity (Wildman–Crippen MR) is 65.9 cm³/mol. The molecule has 0 aliphatic heterocycles. The van der Waals surface area contributed by atoms with Gasteiger partial charge in [-0.25, -0.2) is 4.98 Å². The Morgan fingerprint density at radius 3 is 2.81 bits per heavy atom. The van der Waals surface area contributed by atoms with Crippen molar-refractivity contribution < 1.29 is 0 Å². The van der Waals surface area contributed by atoms with Gasteiger partial charge in [-0.15, -0.1) is 0 Å². The first-order chi connectivity index (χ1) is 7.58. The Bertz CT molecular complexity index is 372. The van der Waals surface area contributed by atoms with Crippen molar-refractivity contribution in [3.8, 4) is 0 Å². The van der Waals surface area contributed by atoms with E-state index in [9.17, 15) is 4.79 Å². The maximum absolute atomic E-state index is 11.1. The molecule has 0 aliphatic rings. The molecule has 0 fully saturated rings. The lowest BCUT2D eigenvalue weighted by Gasteiger charge is -2.09. The van der Waals surface area contributed by atoms with Gasteiger partial charge in [0.1, 0.15) is 11.6 Å². The zero-order valence-corrected chi connectivity index (χ0v) is 10.2. The van der Waals surface area contributed by atoms with E-state index in [-0.39, 0.29) is 5.56 Å². The quantitative estimate of drug-likeness (QED) is 0.703. The van der Waals surface area contributed by atoms with Gasteiger partial charge in [-0.05, 0) is 40.4 Å². The van der Waals surface area contributed by atoms with E-state index in [2.05, 4.69) is 34.3 Å². The van der Waals surface area contributed by atoms with Crippen LogP contribution < -0.4 is 10.9 Å². The largest absolute Gasteiger partial charge is 0.370 e. The van der Waals surface area contributed by atoms with Crippen LogP contribution in [-0.2, 0) is 0 Å². The minimum Gasteiger partial charge on any atom is -0.370 e. The summed E-state index contributed by atoms with van der Waals surface area (Å²) in [6.45, 7) is 3.71. The molecule has 1 heterocycles. The molecule has 0 aliphatic carbocycles. The van der Waals surface area contributed by atoms with E-state index in [4.69, 9.17) is 0 Å². The first-order valence-electron chi connectivity index (χ1n) is 5.54. The van der Waals surface area contributed by atoms with Gasteiger partial charge >= 0.3 is 0 Å². The summed E-state index contributed by atoms with van der Waals surface area (Å²) in [4.78, 5) is 20.1. The number of nitrogens with one attached hydrogen (secondary N) is 2. The van der Waals surface area contributed by atoms with Crippen LogP contribution in [0.3, 0.4) is 0 Å². The third kappa shape index (κ3) is 4.93.